The molecule has 2 aromatic rings. The summed E-state index contributed by atoms with van der Waals surface area (Å²) in [4.78, 5) is 0. The molecule has 0 bridgehead atoms. The fourth-order valence-corrected chi connectivity index (χ4v) is 1.15. The Balaban J connectivity index is 2.53. The summed E-state index contributed by atoms with van der Waals surface area (Å²) in [6, 6.07) is 1.96. The molecule has 0 radical (unpaired) electrons. The van der Waals surface area contributed by atoms with E-state index in [-0.39, 0.29) is 0 Å². The maximum atomic E-state index is 4.23. The van der Waals surface area contributed by atoms with Gasteiger partial charge in [-0.15, -0.1) is 10.2 Å². The molecule has 66 valence electrons. The first-order valence-electron chi connectivity index (χ1n) is 3.82. The molecular weight excluding hydrogens is 168 g/mol. The van der Waals surface area contributed by atoms with E-state index in [1.807, 2.05) is 19.9 Å². The van der Waals surface area contributed by atoms with E-state index >= 15 is 0 Å². The molecule has 0 aliphatic rings. The molecule has 0 atom stereocenters. The van der Waals surface area contributed by atoms with Gasteiger partial charge in [0.25, 0.3) is 0 Å². The maximum absolute atomic E-state index is 4.23. The van der Waals surface area contributed by atoms with Gasteiger partial charge in [0, 0.05) is 5.69 Å². The zero-order valence-corrected chi connectivity index (χ0v) is 7.34. The normalized spacial score (nSPS) is 10.3. The van der Waals surface area contributed by atoms with Crippen molar-refractivity contribution in [2.45, 2.75) is 13.8 Å². The second-order valence-electron chi connectivity index (χ2n) is 2.72. The number of hydrogen-bond acceptors (Lipinski definition) is 5. The zero-order chi connectivity index (χ0) is 9.26. The van der Waals surface area contributed by atoms with Crippen LogP contribution in [-0.4, -0.2) is 30.4 Å². The molecule has 2 rings (SSSR count). The summed E-state index contributed by atoms with van der Waals surface area (Å²) >= 11 is 0. The third kappa shape index (κ3) is 1.37. The van der Waals surface area contributed by atoms with Crippen LogP contribution in [0.25, 0.3) is 5.82 Å². The van der Waals surface area contributed by atoms with Crippen molar-refractivity contribution in [1.82, 2.24) is 30.4 Å². The first kappa shape index (κ1) is 7.78. The largest absolute Gasteiger partial charge is 0.216 e. The van der Waals surface area contributed by atoms with Gasteiger partial charge >= 0.3 is 0 Å². The first-order valence-corrected chi connectivity index (χ1v) is 3.82. The third-order valence-corrected chi connectivity index (χ3v) is 1.64. The van der Waals surface area contributed by atoms with Gasteiger partial charge in [-0.3, -0.25) is 0 Å². The topological polar surface area (TPSA) is 69.4 Å². The van der Waals surface area contributed by atoms with E-state index in [1.165, 1.54) is 6.20 Å². The molecule has 13 heavy (non-hydrogen) atoms. The van der Waals surface area contributed by atoms with Crippen molar-refractivity contribution in [2.24, 2.45) is 0 Å². The van der Waals surface area contributed by atoms with Crippen molar-refractivity contribution in [3.63, 3.8) is 0 Å². The Kier molecular flexibility index (Phi) is 1.73. The summed E-state index contributed by atoms with van der Waals surface area (Å²) in [7, 11) is 0. The first-order chi connectivity index (χ1) is 6.27. The zero-order valence-electron chi connectivity index (χ0n) is 7.34. The van der Waals surface area contributed by atoms with Gasteiger partial charge in [0.05, 0.1) is 11.9 Å². The Morgan fingerprint density at radius 3 is 2.62 bits per heavy atom. The van der Waals surface area contributed by atoms with Gasteiger partial charge in [-0.25, -0.2) is 4.68 Å². The van der Waals surface area contributed by atoms with E-state index in [0.29, 0.717) is 5.82 Å². The minimum absolute atomic E-state index is 0.584. The fraction of sp³-hybridized carbons (Fsp3) is 0.286. The van der Waals surface area contributed by atoms with E-state index in [9.17, 15) is 0 Å². The van der Waals surface area contributed by atoms with Crippen LogP contribution >= 0.6 is 0 Å². The maximum Gasteiger partial charge on any atom is 0.198 e. The molecule has 2 aromatic heterocycles. The average molecular weight is 176 g/mol. The summed E-state index contributed by atoms with van der Waals surface area (Å²) < 4.78 is 1.68. The second kappa shape index (κ2) is 2.89. The molecule has 0 saturated heterocycles. The molecule has 0 unspecified atom stereocenters. The Labute approximate surface area is 74.6 Å². The molecule has 0 fully saturated rings. The van der Waals surface area contributed by atoms with Crippen molar-refractivity contribution in [3.8, 4) is 5.82 Å². The van der Waals surface area contributed by atoms with Crippen LogP contribution in [0.3, 0.4) is 0 Å². The second-order valence-corrected chi connectivity index (χ2v) is 2.72. The van der Waals surface area contributed by atoms with Crippen LogP contribution in [-0.2, 0) is 0 Å². The van der Waals surface area contributed by atoms with Crippen molar-refractivity contribution in [1.29, 1.82) is 0 Å². The molecule has 0 spiro atoms. The van der Waals surface area contributed by atoms with Crippen molar-refractivity contribution >= 4 is 0 Å². The molecular formula is C7H8N6. The Morgan fingerprint density at radius 2 is 2.08 bits per heavy atom. The van der Waals surface area contributed by atoms with Crippen LogP contribution in [0.2, 0.25) is 0 Å². The van der Waals surface area contributed by atoms with Gasteiger partial charge in [-0.1, -0.05) is 0 Å². The molecule has 0 aromatic carbocycles. The van der Waals surface area contributed by atoms with Crippen LogP contribution in [0.5, 0.6) is 0 Å². The highest BCUT2D eigenvalue weighted by atomic mass is 15.5. The van der Waals surface area contributed by atoms with Crippen LogP contribution in [0.4, 0.5) is 0 Å². The molecule has 0 amide bonds. The summed E-state index contributed by atoms with van der Waals surface area (Å²) in [5.74, 6) is 0.584. The number of nitrogens with zero attached hydrogens (tertiary/aromatic N) is 6. The summed E-state index contributed by atoms with van der Waals surface area (Å²) in [5.41, 5.74) is 1.94. The Morgan fingerprint density at radius 1 is 1.23 bits per heavy atom. The van der Waals surface area contributed by atoms with Crippen LogP contribution in [0, 0.1) is 13.8 Å². The molecule has 6 heteroatoms. The van der Waals surface area contributed by atoms with E-state index < -0.39 is 0 Å². The third-order valence-electron chi connectivity index (χ3n) is 1.64. The number of rotatable bonds is 1. The number of hydrogen-bond donors (Lipinski definition) is 0. The SMILES string of the molecule is Cc1cc(C)n(-c2cnnnn2)n1. The lowest BCUT2D eigenvalue weighted by Crippen LogP contribution is -2.04. The number of aromatic nitrogens is 6. The van der Waals surface area contributed by atoms with Gasteiger partial charge < -0.3 is 0 Å². The number of aryl methyl sites for hydroxylation is 2. The lowest BCUT2D eigenvalue weighted by molar-refractivity contribution is 0.699. The van der Waals surface area contributed by atoms with Gasteiger partial charge in [0.15, 0.2) is 5.82 Å². The lowest BCUT2D eigenvalue weighted by atomic mass is 10.4. The monoisotopic (exact) mass is 176 g/mol. The van der Waals surface area contributed by atoms with Gasteiger partial charge in [-0.05, 0) is 30.3 Å². The van der Waals surface area contributed by atoms with Crippen molar-refractivity contribution in [2.75, 3.05) is 0 Å². The van der Waals surface area contributed by atoms with E-state index in [2.05, 4.69) is 25.7 Å². The van der Waals surface area contributed by atoms with Crippen molar-refractivity contribution < 1.29 is 0 Å². The smallest absolute Gasteiger partial charge is 0.198 e. The summed E-state index contributed by atoms with van der Waals surface area (Å²) in [6.45, 7) is 3.87. The van der Waals surface area contributed by atoms with Gasteiger partial charge in [0.1, 0.15) is 0 Å². The van der Waals surface area contributed by atoms with E-state index in [0.717, 1.165) is 11.4 Å². The standard InChI is InChI=1S/C7H8N6/c1-5-3-6(2)13(10-5)7-4-8-11-12-9-7/h3-4H,1-2H3. The fourth-order valence-electron chi connectivity index (χ4n) is 1.15. The minimum atomic E-state index is 0.584. The predicted molar refractivity (Wildman–Crippen MR) is 44.2 cm³/mol. The summed E-state index contributed by atoms with van der Waals surface area (Å²) in [6.07, 6.45) is 1.52. The average Bonchev–Trinajstić information content (AvgIpc) is 2.47. The van der Waals surface area contributed by atoms with Crippen molar-refractivity contribution in [3.05, 3.63) is 23.7 Å². The van der Waals surface area contributed by atoms with E-state index in [1.54, 1.807) is 4.68 Å². The Hall–Kier alpha value is -1.85. The molecule has 6 nitrogen and oxygen atoms in total. The molecule has 0 saturated carbocycles. The van der Waals surface area contributed by atoms with Crippen LogP contribution in [0.15, 0.2) is 12.3 Å². The van der Waals surface area contributed by atoms with Crippen LogP contribution < -0.4 is 0 Å². The van der Waals surface area contributed by atoms with E-state index in [4.69, 9.17) is 0 Å². The summed E-state index contributed by atoms with van der Waals surface area (Å²) in [5, 5.41) is 18.4. The molecule has 0 aliphatic carbocycles. The highest BCUT2D eigenvalue weighted by Crippen LogP contribution is 2.06. The quantitative estimate of drug-likeness (QED) is 0.615. The lowest BCUT2D eigenvalue weighted by Gasteiger charge is -1.98. The Bertz CT molecular complexity index is 406. The molecule has 2 heterocycles. The van der Waals surface area contributed by atoms with Gasteiger partial charge in [-0.2, -0.15) is 5.10 Å². The molecule has 0 N–H and O–H groups in total. The van der Waals surface area contributed by atoms with Crippen LogP contribution in [0.1, 0.15) is 11.4 Å². The highest BCUT2D eigenvalue weighted by molar-refractivity contribution is 5.20. The van der Waals surface area contributed by atoms with Gasteiger partial charge in [0.2, 0.25) is 0 Å². The predicted octanol–water partition coefficient (Wildman–Crippen LogP) is 0.0691. The highest BCUT2D eigenvalue weighted by Gasteiger charge is 2.04. The molecule has 0 aliphatic heterocycles. The minimum Gasteiger partial charge on any atom is -0.216 e.